The van der Waals surface area contributed by atoms with Gasteiger partial charge in [0.15, 0.2) is 5.82 Å². The van der Waals surface area contributed by atoms with E-state index in [9.17, 15) is 13.6 Å². The highest BCUT2D eigenvalue weighted by Crippen LogP contribution is 2.30. The van der Waals surface area contributed by atoms with Gasteiger partial charge in [-0.2, -0.15) is 9.97 Å². The Morgan fingerprint density at radius 2 is 1.74 bits per heavy atom. The lowest BCUT2D eigenvalue weighted by atomic mass is 9.91. The minimum atomic E-state index is -2.77. The molecule has 12 heteroatoms. The fourth-order valence-corrected chi connectivity index (χ4v) is 5.11. The molecule has 1 aliphatic heterocycles. The third-order valence-corrected chi connectivity index (χ3v) is 6.93. The van der Waals surface area contributed by atoms with Crippen LogP contribution in [-0.2, 0) is 9.53 Å². The number of halogens is 2. The number of benzene rings is 1. The quantitative estimate of drug-likeness (QED) is 0.460. The number of carbonyl (C=O) groups excluding carboxylic acids is 1. The maximum absolute atomic E-state index is 14.1. The number of hydrogen-bond donors (Lipinski definition) is 2. The molecule has 2 N–H and O–H groups in total. The van der Waals surface area contributed by atoms with Crippen molar-refractivity contribution in [1.29, 1.82) is 0 Å². The summed E-state index contributed by atoms with van der Waals surface area (Å²) in [6.45, 7) is 2.82. The molecule has 1 saturated heterocycles. The first-order valence-electron chi connectivity index (χ1n) is 13.1. The van der Waals surface area contributed by atoms with Crippen molar-refractivity contribution in [2.45, 2.75) is 44.2 Å². The minimum absolute atomic E-state index is 0.0278. The molecule has 2 aromatic heterocycles. The minimum Gasteiger partial charge on any atom is -0.378 e. The molecule has 1 saturated carbocycles. The maximum Gasteiger partial charge on any atom is 0.296 e. The lowest BCUT2D eigenvalue weighted by molar-refractivity contribution is -0.122. The molecule has 38 heavy (non-hydrogen) atoms. The summed E-state index contributed by atoms with van der Waals surface area (Å²) in [5.74, 6) is 1.07. The van der Waals surface area contributed by atoms with Crippen LogP contribution in [-0.4, -0.2) is 89.4 Å². The van der Waals surface area contributed by atoms with Gasteiger partial charge in [0.25, 0.3) is 6.43 Å². The van der Waals surface area contributed by atoms with E-state index in [-0.39, 0.29) is 23.8 Å². The van der Waals surface area contributed by atoms with Crippen molar-refractivity contribution in [3.8, 4) is 5.82 Å². The average molecular weight is 529 g/mol. The van der Waals surface area contributed by atoms with Crippen LogP contribution in [0.5, 0.6) is 0 Å². The van der Waals surface area contributed by atoms with Gasteiger partial charge < -0.3 is 25.2 Å². The molecule has 2 fully saturated rings. The van der Waals surface area contributed by atoms with Crippen molar-refractivity contribution < 1.29 is 18.3 Å². The second kappa shape index (κ2) is 11.6. The molecular formula is C26H34F2N8O2. The van der Waals surface area contributed by atoms with E-state index in [1.807, 2.05) is 19.0 Å². The number of aromatic nitrogens is 4. The molecule has 1 aromatic carbocycles. The number of para-hydroxylation sites is 2. The predicted octanol–water partition coefficient (Wildman–Crippen LogP) is 2.99. The third kappa shape index (κ3) is 6.02. The Labute approximate surface area is 220 Å². The Bertz CT molecular complexity index is 1250. The summed E-state index contributed by atoms with van der Waals surface area (Å²) < 4.78 is 35.1. The van der Waals surface area contributed by atoms with Crippen LogP contribution in [0.4, 0.5) is 20.5 Å². The first-order valence-corrected chi connectivity index (χ1v) is 13.1. The van der Waals surface area contributed by atoms with Crippen LogP contribution in [0, 0.1) is 0 Å². The van der Waals surface area contributed by atoms with Crippen molar-refractivity contribution in [2.24, 2.45) is 0 Å². The van der Waals surface area contributed by atoms with Gasteiger partial charge >= 0.3 is 0 Å². The van der Waals surface area contributed by atoms with Crippen LogP contribution >= 0.6 is 0 Å². The number of anilines is 2. The molecule has 0 bridgehead atoms. The van der Waals surface area contributed by atoms with Crippen molar-refractivity contribution in [3.63, 3.8) is 0 Å². The molecule has 10 nitrogen and oxygen atoms in total. The van der Waals surface area contributed by atoms with Crippen molar-refractivity contribution in [2.75, 3.05) is 57.2 Å². The van der Waals surface area contributed by atoms with Gasteiger partial charge in [-0.1, -0.05) is 12.1 Å². The Morgan fingerprint density at radius 1 is 1.05 bits per heavy atom. The first-order chi connectivity index (χ1) is 18.4. The SMILES string of the molecule is CN(C)CC(=O)N[C@H]1CC[C@H](Nc2nc(N3CCOCC3)cc(-n3c(C(F)F)nc4ccccc43)n2)CC1. The summed E-state index contributed by atoms with van der Waals surface area (Å²) in [4.78, 5) is 29.7. The number of fused-ring (bicyclic) bond motifs is 1. The Hall–Kier alpha value is -3.38. The fraction of sp³-hybridized carbons (Fsp3) is 0.538. The van der Waals surface area contributed by atoms with Crippen LogP contribution in [0.25, 0.3) is 16.9 Å². The summed E-state index contributed by atoms with van der Waals surface area (Å²) in [7, 11) is 3.74. The van der Waals surface area contributed by atoms with Crippen molar-refractivity contribution in [3.05, 3.63) is 36.2 Å². The second-order valence-corrected chi connectivity index (χ2v) is 10.1. The maximum atomic E-state index is 14.1. The molecule has 204 valence electrons. The zero-order valence-electron chi connectivity index (χ0n) is 21.7. The standard InChI is InChI=1S/C26H34F2N8O2/c1-34(2)16-23(37)29-17-7-9-18(10-8-17)30-26-32-21(35-11-13-38-14-12-35)15-22(33-26)36-20-6-4-3-5-19(20)31-25(36)24(27)28/h3-6,15,17-18,24H,7-14,16H2,1-2H3,(H,29,37)(H,30,32,33)/t17-,18-. The summed E-state index contributed by atoms with van der Waals surface area (Å²) >= 11 is 0. The number of likely N-dealkylation sites (N-methyl/N-ethyl adjacent to an activating group) is 1. The van der Waals surface area contributed by atoms with Gasteiger partial charge in [-0.15, -0.1) is 0 Å². The first kappa shape index (κ1) is 26.2. The number of carbonyl (C=O) groups is 1. The lowest BCUT2D eigenvalue weighted by Crippen LogP contribution is -2.43. The van der Waals surface area contributed by atoms with Crippen LogP contribution in [0.2, 0.25) is 0 Å². The number of imidazole rings is 1. The number of amides is 1. The molecule has 5 rings (SSSR count). The Morgan fingerprint density at radius 3 is 2.45 bits per heavy atom. The Kier molecular flexibility index (Phi) is 7.98. The summed E-state index contributed by atoms with van der Waals surface area (Å²) in [6.07, 6.45) is 0.592. The second-order valence-electron chi connectivity index (χ2n) is 10.1. The van der Waals surface area contributed by atoms with Crippen molar-refractivity contribution in [1.82, 2.24) is 29.7 Å². The number of ether oxygens (including phenoxy) is 1. The molecule has 0 atom stereocenters. The third-order valence-electron chi connectivity index (χ3n) is 6.93. The van der Waals surface area contributed by atoms with Gasteiger partial charge in [0.2, 0.25) is 11.9 Å². The van der Waals surface area contributed by atoms with Crippen LogP contribution < -0.4 is 15.5 Å². The van der Waals surface area contributed by atoms with Gasteiger partial charge in [-0.05, 0) is 51.9 Å². The summed E-state index contributed by atoms with van der Waals surface area (Å²) in [5, 5.41) is 6.55. The molecule has 0 radical (unpaired) electrons. The van der Waals surface area contributed by atoms with Crippen LogP contribution in [0.1, 0.15) is 37.9 Å². The van der Waals surface area contributed by atoms with Gasteiger partial charge in [-0.25, -0.2) is 13.8 Å². The molecule has 3 heterocycles. The highest BCUT2D eigenvalue weighted by Gasteiger charge is 2.26. The molecule has 2 aliphatic rings. The summed E-state index contributed by atoms with van der Waals surface area (Å²) in [5.41, 5.74) is 1.05. The molecule has 3 aromatic rings. The van der Waals surface area contributed by atoms with Gasteiger partial charge in [0.05, 0.1) is 30.8 Å². The molecule has 0 unspecified atom stereocenters. The van der Waals surface area contributed by atoms with E-state index in [0.717, 1.165) is 25.7 Å². The molecule has 0 spiro atoms. The monoisotopic (exact) mass is 528 g/mol. The van der Waals surface area contributed by atoms with E-state index in [1.54, 1.807) is 30.3 Å². The Balaban J connectivity index is 1.40. The zero-order valence-corrected chi connectivity index (χ0v) is 21.7. The van der Waals surface area contributed by atoms with E-state index in [0.29, 0.717) is 61.5 Å². The van der Waals surface area contributed by atoms with E-state index in [2.05, 4.69) is 20.5 Å². The van der Waals surface area contributed by atoms with Crippen molar-refractivity contribution >= 4 is 28.7 Å². The fourth-order valence-electron chi connectivity index (χ4n) is 5.11. The average Bonchev–Trinajstić information content (AvgIpc) is 3.30. The largest absolute Gasteiger partial charge is 0.378 e. The molecular weight excluding hydrogens is 494 g/mol. The topological polar surface area (TPSA) is 100 Å². The van der Waals surface area contributed by atoms with Crippen LogP contribution in [0.3, 0.4) is 0 Å². The van der Waals surface area contributed by atoms with E-state index in [4.69, 9.17) is 14.7 Å². The normalized spacial score (nSPS) is 20.3. The highest BCUT2D eigenvalue weighted by molar-refractivity contribution is 5.79. The molecule has 1 amide bonds. The smallest absolute Gasteiger partial charge is 0.296 e. The van der Waals surface area contributed by atoms with Crippen LogP contribution in [0.15, 0.2) is 30.3 Å². The number of hydrogen-bond acceptors (Lipinski definition) is 8. The van der Waals surface area contributed by atoms with Gasteiger partial charge in [0, 0.05) is 31.2 Å². The number of nitrogens with one attached hydrogen (secondary N) is 2. The lowest BCUT2D eigenvalue weighted by Gasteiger charge is -2.31. The van der Waals surface area contributed by atoms with Gasteiger partial charge in [0.1, 0.15) is 11.6 Å². The highest BCUT2D eigenvalue weighted by atomic mass is 19.3. The molecule has 1 aliphatic carbocycles. The number of nitrogens with zero attached hydrogens (tertiary/aromatic N) is 6. The zero-order chi connectivity index (χ0) is 26.6. The van der Waals surface area contributed by atoms with E-state index < -0.39 is 6.43 Å². The number of rotatable bonds is 8. The van der Waals surface area contributed by atoms with Gasteiger partial charge in [-0.3, -0.25) is 9.36 Å². The number of morpholine rings is 1. The van der Waals surface area contributed by atoms with E-state index in [1.165, 1.54) is 4.57 Å². The summed E-state index contributed by atoms with van der Waals surface area (Å²) in [6, 6.07) is 9.06. The predicted molar refractivity (Wildman–Crippen MR) is 141 cm³/mol. The van der Waals surface area contributed by atoms with E-state index >= 15 is 0 Å². The number of alkyl halides is 2.